The van der Waals surface area contributed by atoms with Gasteiger partial charge in [0.25, 0.3) is 0 Å². The summed E-state index contributed by atoms with van der Waals surface area (Å²) in [7, 11) is 0. The number of allylic oxidation sites excluding steroid dienone is 1. The van der Waals surface area contributed by atoms with E-state index in [1.54, 1.807) is 12.9 Å². The number of ether oxygens (including phenoxy) is 1. The second-order valence-corrected chi connectivity index (χ2v) is 5.77. The first-order chi connectivity index (χ1) is 11.5. The first-order valence-corrected chi connectivity index (χ1v) is 7.87. The third-order valence-electron chi connectivity index (χ3n) is 4.23. The van der Waals surface area contributed by atoms with E-state index < -0.39 is 18.4 Å². The Labute approximate surface area is 140 Å². The van der Waals surface area contributed by atoms with Crippen LogP contribution in [0.2, 0.25) is 0 Å². The predicted octanol–water partition coefficient (Wildman–Crippen LogP) is 1.86. The Balaban J connectivity index is 2.30. The van der Waals surface area contributed by atoms with E-state index in [9.17, 15) is 19.8 Å². The number of nitrogens with zero attached hydrogens (tertiary/aromatic N) is 2. The average Bonchev–Trinajstić information content (AvgIpc) is 2.93. The molecule has 0 spiro atoms. The van der Waals surface area contributed by atoms with Crippen molar-refractivity contribution in [2.45, 2.75) is 39.0 Å². The van der Waals surface area contributed by atoms with E-state index in [0.29, 0.717) is 12.8 Å². The molecule has 3 atom stereocenters. The maximum atomic E-state index is 11.8. The highest BCUT2D eigenvalue weighted by Crippen LogP contribution is 2.27. The fourth-order valence-corrected chi connectivity index (χ4v) is 2.67. The van der Waals surface area contributed by atoms with Gasteiger partial charge >= 0.3 is 6.09 Å². The van der Waals surface area contributed by atoms with Crippen LogP contribution in [-0.2, 0) is 16.0 Å². The lowest BCUT2D eigenvalue weighted by Crippen LogP contribution is -2.51. The molecule has 1 heterocycles. The molecule has 0 radical (unpaired) electrons. The molecular formula is C17H22N2O5. The van der Waals surface area contributed by atoms with Crippen LogP contribution in [0, 0.1) is 5.92 Å². The predicted molar refractivity (Wildman–Crippen MR) is 86.3 cm³/mol. The zero-order valence-corrected chi connectivity index (χ0v) is 13.8. The second kappa shape index (κ2) is 8.08. The maximum Gasteiger partial charge on any atom is 0.427 e. The molecule has 7 nitrogen and oxygen atoms in total. The number of carbonyl (C=O) groups excluding carboxylic acids is 1. The van der Waals surface area contributed by atoms with Gasteiger partial charge in [-0.3, -0.25) is 0 Å². The third-order valence-corrected chi connectivity index (χ3v) is 4.23. The molecule has 2 N–H and O–H groups in total. The molecule has 7 heteroatoms. The topological polar surface area (TPSA) is 90.3 Å². The average molecular weight is 334 g/mol. The van der Waals surface area contributed by atoms with E-state index in [4.69, 9.17) is 4.74 Å². The van der Waals surface area contributed by atoms with Gasteiger partial charge in [0.05, 0.1) is 6.04 Å². The van der Waals surface area contributed by atoms with Crippen molar-refractivity contribution < 1.29 is 24.5 Å². The van der Waals surface area contributed by atoms with Gasteiger partial charge in [0, 0.05) is 5.92 Å². The first-order valence-electron chi connectivity index (χ1n) is 7.87. The largest absolute Gasteiger partial charge is 0.464 e. The summed E-state index contributed by atoms with van der Waals surface area (Å²) in [6.45, 7) is 3.50. The van der Waals surface area contributed by atoms with Crippen molar-refractivity contribution in [2.24, 2.45) is 5.92 Å². The van der Waals surface area contributed by atoms with Gasteiger partial charge in [-0.15, -0.1) is 0 Å². The zero-order chi connectivity index (χ0) is 17.7. The van der Waals surface area contributed by atoms with Gasteiger partial charge in [-0.05, 0) is 18.4 Å². The monoisotopic (exact) mass is 334 g/mol. The van der Waals surface area contributed by atoms with E-state index in [1.807, 2.05) is 37.3 Å². The van der Waals surface area contributed by atoms with Crippen LogP contribution in [0.25, 0.3) is 0 Å². The third kappa shape index (κ3) is 3.83. The van der Waals surface area contributed by atoms with Crippen LogP contribution in [0.5, 0.6) is 0 Å². The van der Waals surface area contributed by atoms with Crippen molar-refractivity contribution >= 4 is 12.0 Å². The first kappa shape index (κ1) is 18.2. The SMILES string of the molecule is CCC(C)C(=C=O)N(C(=O)O)N1COC(O)C1Cc1ccccc1. The lowest BCUT2D eigenvalue weighted by atomic mass is 10.0. The van der Waals surface area contributed by atoms with Gasteiger partial charge in [0.15, 0.2) is 6.29 Å². The number of carbonyl (C=O) groups is 1. The summed E-state index contributed by atoms with van der Waals surface area (Å²) in [4.78, 5) is 23.1. The normalized spacial score (nSPS) is 22.0. The molecule has 0 bridgehead atoms. The smallest absolute Gasteiger partial charge is 0.427 e. The van der Waals surface area contributed by atoms with E-state index in [1.165, 1.54) is 5.01 Å². The molecule has 1 aromatic rings. The number of rotatable bonds is 6. The fraction of sp³-hybridized carbons (Fsp3) is 0.471. The van der Waals surface area contributed by atoms with Crippen molar-refractivity contribution in [1.29, 1.82) is 0 Å². The van der Waals surface area contributed by atoms with Crippen molar-refractivity contribution in [1.82, 2.24) is 10.0 Å². The molecule has 1 aliphatic rings. The molecule has 1 amide bonds. The van der Waals surface area contributed by atoms with Crippen molar-refractivity contribution in [2.75, 3.05) is 6.73 Å². The highest BCUT2D eigenvalue weighted by molar-refractivity contribution is 5.71. The lowest BCUT2D eigenvalue weighted by Gasteiger charge is -2.34. The molecule has 0 saturated carbocycles. The molecule has 1 fully saturated rings. The van der Waals surface area contributed by atoms with Gasteiger partial charge in [-0.2, -0.15) is 10.0 Å². The Bertz CT molecular complexity index is 615. The summed E-state index contributed by atoms with van der Waals surface area (Å²) in [5.41, 5.74) is 0.948. The Hall–Kier alpha value is -2.18. The van der Waals surface area contributed by atoms with Crippen LogP contribution in [0.3, 0.4) is 0 Å². The minimum absolute atomic E-state index is 0.0146. The summed E-state index contributed by atoms with van der Waals surface area (Å²) in [5.74, 6) is 1.46. The Morgan fingerprint density at radius 1 is 1.46 bits per heavy atom. The van der Waals surface area contributed by atoms with Crippen molar-refractivity contribution in [3.05, 3.63) is 41.6 Å². The van der Waals surface area contributed by atoms with Crippen LogP contribution in [0.15, 0.2) is 36.0 Å². The van der Waals surface area contributed by atoms with Gasteiger partial charge < -0.3 is 14.9 Å². The molecule has 0 aromatic heterocycles. The summed E-state index contributed by atoms with van der Waals surface area (Å²) in [5, 5.41) is 21.9. The van der Waals surface area contributed by atoms with Crippen LogP contribution in [0.4, 0.5) is 4.79 Å². The standard InChI is InChI=1S/C17H22N2O5/c1-3-12(2)15(10-20)19(17(22)23)18-11-24-16(21)14(18)9-13-7-5-4-6-8-13/h4-8,12,14,16,21H,3,9,11H2,1-2H3,(H,22,23). The molecule has 2 rings (SSSR count). The van der Waals surface area contributed by atoms with Gasteiger partial charge in [0.2, 0.25) is 0 Å². The molecule has 130 valence electrons. The minimum Gasteiger partial charge on any atom is -0.464 e. The number of hydrogen-bond acceptors (Lipinski definition) is 5. The summed E-state index contributed by atoms with van der Waals surface area (Å²) < 4.78 is 5.22. The van der Waals surface area contributed by atoms with Crippen LogP contribution in [-0.4, -0.2) is 51.3 Å². The number of hydrazine groups is 1. The molecular weight excluding hydrogens is 312 g/mol. The molecule has 1 aromatic carbocycles. The maximum absolute atomic E-state index is 11.8. The Kier molecular flexibility index (Phi) is 6.11. The molecule has 1 aliphatic heterocycles. The second-order valence-electron chi connectivity index (χ2n) is 5.77. The molecule has 1 saturated heterocycles. The zero-order valence-electron chi connectivity index (χ0n) is 13.8. The Morgan fingerprint density at radius 3 is 2.67 bits per heavy atom. The number of hydrogen-bond donors (Lipinski definition) is 2. The number of benzene rings is 1. The fourth-order valence-electron chi connectivity index (χ4n) is 2.67. The molecule has 0 aliphatic carbocycles. The van der Waals surface area contributed by atoms with E-state index in [2.05, 4.69) is 0 Å². The highest BCUT2D eigenvalue weighted by Gasteiger charge is 2.42. The van der Waals surface area contributed by atoms with Crippen molar-refractivity contribution in [3.63, 3.8) is 0 Å². The van der Waals surface area contributed by atoms with Gasteiger partial charge in [0.1, 0.15) is 18.4 Å². The summed E-state index contributed by atoms with van der Waals surface area (Å²) in [6.07, 6.45) is -1.46. The van der Waals surface area contributed by atoms with Crippen LogP contribution >= 0.6 is 0 Å². The van der Waals surface area contributed by atoms with Gasteiger partial charge in [-0.1, -0.05) is 44.2 Å². The summed E-state index contributed by atoms with van der Waals surface area (Å²) >= 11 is 0. The Morgan fingerprint density at radius 2 is 2.12 bits per heavy atom. The minimum atomic E-state index is -1.30. The van der Waals surface area contributed by atoms with Crippen LogP contribution < -0.4 is 0 Å². The number of carboxylic acid groups (broad SMARTS) is 1. The molecule has 3 unspecified atom stereocenters. The van der Waals surface area contributed by atoms with E-state index in [0.717, 1.165) is 10.6 Å². The number of aliphatic hydroxyl groups excluding tert-OH is 1. The number of aliphatic hydroxyl groups is 1. The highest BCUT2D eigenvalue weighted by atomic mass is 16.6. The lowest BCUT2D eigenvalue weighted by molar-refractivity contribution is -0.0676. The number of amides is 1. The van der Waals surface area contributed by atoms with E-state index >= 15 is 0 Å². The van der Waals surface area contributed by atoms with Gasteiger partial charge in [-0.25, -0.2) is 9.59 Å². The van der Waals surface area contributed by atoms with Crippen LogP contribution in [0.1, 0.15) is 25.8 Å². The van der Waals surface area contributed by atoms with E-state index in [-0.39, 0.29) is 18.3 Å². The molecule has 24 heavy (non-hydrogen) atoms. The summed E-state index contributed by atoms with van der Waals surface area (Å²) in [6, 6.07) is 8.77. The van der Waals surface area contributed by atoms with Crippen molar-refractivity contribution in [3.8, 4) is 0 Å². The quantitative estimate of drug-likeness (QED) is 0.772.